The molecule has 0 bridgehead atoms. The van der Waals surface area contributed by atoms with Gasteiger partial charge < -0.3 is 19.7 Å². The number of carbonyl (C=O) groups is 2. The second kappa shape index (κ2) is 11.9. The average Bonchev–Trinajstić information content (AvgIpc) is 3.36. The van der Waals surface area contributed by atoms with Crippen LogP contribution in [0.4, 0.5) is 5.69 Å². The van der Waals surface area contributed by atoms with Crippen LogP contribution in [0, 0.1) is 0 Å². The lowest BCUT2D eigenvalue weighted by Crippen LogP contribution is -2.32. The summed E-state index contributed by atoms with van der Waals surface area (Å²) in [6.07, 6.45) is 6.48. The van der Waals surface area contributed by atoms with Crippen LogP contribution in [0.5, 0.6) is 11.5 Å². The Morgan fingerprint density at radius 3 is 2.46 bits per heavy atom. The van der Waals surface area contributed by atoms with Crippen molar-refractivity contribution in [2.45, 2.75) is 0 Å². The summed E-state index contributed by atoms with van der Waals surface area (Å²) in [5.41, 5.74) is 5.32. The first-order valence-corrected chi connectivity index (χ1v) is 11.7. The Morgan fingerprint density at radius 2 is 1.70 bits per heavy atom. The number of halogens is 1. The zero-order chi connectivity index (χ0) is 26.2. The van der Waals surface area contributed by atoms with Gasteiger partial charge in [-0.3, -0.25) is 9.59 Å². The van der Waals surface area contributed by atoms with Crippen LogP contribution in [0.15, 0.2) is 83.6 Å². The van der Waals surface area contributed by atoms with E-state index in [4.69, 9.17) is 21.1 Å². The Morgan fingerprint density at radius 1 is 0.973 bits per heavy atom. The number of hydrogen-bond acceptors (Lipinski definition) is 6. The summed E-state index contributed by atoms with van der Waals surface area (Å²) >= 11 is 6.16. The number of nitrogens with zero attached hydrogens (tertiary/aromatic N) is 2. The molecule has 2 N–H and O–H groups in total. The van der Waals surface area contributed by atoms with Gasteiger partial charge in [-0.05, 0) is 59.7 Å². The summed E-state index contributed by atoms with van der Waals surface area (Å²) in [5.74, 6) is 0.274. The lowest BCUT2D eigenvalue weighted by atomic mass is 10.1. The molecule has 0 radical (unpaired) electrons. The van der Waals surface area contributed by atoms with Gasteiger partial charge in [-0.25, -0.2) is 5.43 Å². The predicted octanol–water partition coefficient (Wildman–Crippen LogP) is 4.72. The van der Waals surface area contributed by atoms with E-state index >= 15 is 0 Å². The number of fused-ring (bicyclic) bond motifs is 1. The molecule has 37 heavy (non-hydrogen) atoms. The Bertz CT molecular complexity index is 1380. The minimum Gasteiger partial charge on any atom is -0.454 e. The fraction of sp³-hybridized carbons (Fsp3) is 0.107. The van der Waals surface area contributed by atoms with Gasteiger partial charge in [0.05, 0.1) is 10.6 Å². The van der Waals surface area contributed by atoms with Gasteiger partial charge in [0, 0.05) is 26.0 Å². The van der Waals surface area contributed by atoms with Crippen LogP contribution in [0.25, 0.3) is 12.2 Å². The van der Waals surface area contributed by atoms with Gasteiger partial charge in [-0.15, -0.1) is 0 Å². The number of carbonyl (C=O) groups excluding carboxylic acids is 2. The van der Waals surface area contributed by atoms with Gasteiger partial charge in [0.15, 0.2) is 11.5 Å². The first kappa shape index (κ1) is 25.5. The molecule has 4 rings (SSSR count). The first-order valence-electron chi connectivity index (χ1n) is 11.4. The zero-order valence-electron chi connectivity index (χ0n) is 20.3. The molecule has 0 fully saturated rings. The predicted molar refractivity (Wildman–Crippen MR) is 146 cm³/mol. The van der Waals surface area contributed by atoms with E-state index in [0.29, 0.717) is 11.5 Å². The third kappa shape index (κ3) is 6.77. The zero-order valence-corrected chi connectivity index (χ0v) is 21.0. The molecule has 1 aliphatic rings. The molecule has 0 unspecified atom stereocenters. The molecule has 0 spiro atoms. The van der Waals surface area contributed by atoms with Crippen LogP contribution in [-0.2, 0) is 4.79 Å². The van der Waals surface area contributed by atoms with E-state index < -0.39 is 11.8 Å². The molecule has 3 aromatic carbocycles. The van der Waals surface area contributed by atoms with E-state index in [2.05, 4.69) is 15.8 Å². The van der Waals surface area contributed by atoms with Crippen LogP contribution >= 0.6 is 11.6 Å². The molecule has 0 aliphatic carbocycles. The molecule has 0 aromatic heterocycles. The molecule has 9 heteroatoms. The number of benzene rings is 3. The van der Waals surface area contributed by atoms with Crippen LogP contribution in [0.1, 0.15) is 21.5 Å². The minimum atomic E-state index is -0.593. The molecule has 0 saturated heterocycles. The Labute approximate surface area is 219 Å². The van der Waals surface area contributed by atoms with Gasteiger partial charge in [-0.1, -0.05) is 48.0 Å². The lowest BCUT2D eigenvalue weighted by molar-refractivity contribution is -0.117. The van der Waals surface area contributed by atoms with Crippen molar-refractivity contribution >= 4 is 47.5 Å². The summed E-state index contributed by atoms with van der Waals surface area (Å²) in [6, 6.07) is 19.7. The lowest BCUT2D eigenvalue weighted by Gasteiger charge is -2.13. The summed E-state index contributed by atoms with van der Waals surface area (Å²) in [6.45, 7) is 0.207. The number of amides is 2. The maximum atomic E-state index is 12.9. The standard InChI is InChI=1S/C28H25ClN4O4/c1-33(2)21-12-9-20(10-13-21)16-24(31-27(34)22-7-3-4-8-23(22)29)28(35)32-30-15-5-6-19-11-14-25-26(17-19)37-18-36-25/h3-17H,18H2,1-2H3,(H,31,34)(H,32,35)/b6-5+,24-16+,30-15-. The van der Waals surface area contributed by atoms with Crippen LogP contribution in [0.3, 0.4) is 0 Å². The molecule has 188 valence electrons. The smallest absolute Gasteiger partial charge is 0.287 e. The fourth-order valence-electron chi connectivity index (χ4n) is 3.40. The van der Waals surface area contributed by atoms with Crippen molar-refractivity contribution in [2.24, 2.45) is 5.10 Å². The molecular formula is C28H25ClN4O4. The van der Waals surface area contributed by atoms with Gasteiger partial charge in [0.2, 0.25) is 6.79 Å². The van der Waals surface area contributed by atoms with E-state index in [9.17, 15) is 9.59 Å². The van der Waals surface area contributed by atoms with Crippen molar-refractivity contribution in [3.8, 4) is 11.5 Å². The number of nitrogens with one attached hydrogen (secondary N) is 2. The quantitative estimate of drug-likeness (QED) is 0.257. The van der Waals surface area contributed by atoms with Crippen molar-refractivity contribution in [2.75, 3.05) is 25.8 Å². The normalized spacial score (nSPS) is 12.7. The van der Waals surface area contributed by atoms with Crippen molar-refractivity contribution in [1.82, 2.24) is 10.7 Å². The minimum absolute atomic E-state index is 0.0134. The second-order valence-corrected chi connectivity index (χ2v) is 8.58. The van der Waals surface area contributed by atoms with Gasteiger partial charge in [0.1, 0.15) is 5.70 Å². The van der Waals surface area contributed by atoms with Gasteiger partial charge in [-0.2, -0.15) is 5.10 Å². The third-order valence-corrected chi connectivity index (χ3v) is 5.67. The van der Waals surface area contributed by atoms with Crippen LogP contribution in [-0.4, -0.2) is 38.9 Å². The second-order valence-electron chi connectivity index (χ2n) is 8.17. The molecule has 2 amide bonds. The Kier molecular flexibility index (Phi) is 8.22. The van der Waals surface area contributed by atoms with Crippen molar-refractivity contribution < 1.29 is 19.1 Å². The highest BCUT2D eigenvalue weighted by Crippen LogP contribution is 2.32. The molecule has 0 saturated carbocycles. The van der Waals surface area contributed by atoms with Crippen molar-refractivity contribution in [3.05, 3.63) is 100 Å². The van der Waals surface area contributed by atoms with E-state index in [1.54, 1.807) is 42.5 Å². The summed E-state index contributed by atoms with van der Waals surface area (Å²) < 4.78 is 10.7. The Hall–Kier alpha value is -4.56. The summed E-state index contributed by atoms with van der Waals surface area (Å²) in [7, 11) is 3.87. The van der Waals surface area contributed by atoms with E-state index in [1.807, 2.05) is 61.5 Å². The molecular weight excluding hydrogens is 492 g/mol. The molecule has 3 aromatic rings. The van der Waals surface area contributed by atoms with E-state index in [0.717, 1.165) is 16.8 Å². The number of ether oxygens (including phenoxy) is 2. The molecule has 1 heterocycles. The largest absolute Gasteiger partial charge is 0.454 e. The third-order valence-electron chi connectivity index (χ3n) is 5.34. The number of hydrogen-bond donors (Lipinski definition) is 2. The van der Waals surface area contributed by atoms with Crippen LogP contribution in [0.2, 0.25) is 5.02 Å². The van der Waals surface area contributed by atoms with Gasteiger partial charge in [0.25, 0.3) is 11.8 Å². The van der Waals surface area contributed by atoms with E-state index in [1.165, 1.54) is 6.21 Å². The van der Waals surface area contributed by atoms with Crippen molar-refractivity contribution in [3.63, 3.8) is 0 Å². The molecule has 1 aliphatic heterocycles. The maximum Gasteiger partial charge on any atom is 0.287 e. The summed E-state index contributed by atoms with van der Waals surface area (Å²) in [5, 5.41) is 6.89. The number of hydrazone groups is 1. The monoisotopic (exact) mass is 516 g/mol. The summed E-state index contributed by atoms with van der Waals surface area (Å²) in [4.78, 5) is 27.7. The van der Waals surface area contributed by atoms with Crippen LogP contribution < -0.4 is 25.1 Å². The van der Waals surface area contributed by atoms with E-state index in [-0.39, 0.29) is 23.1 Å². The number of rotatable bonds is 8. The maximum absolute atomic E-state index is 12.9. The van der Waals surface area contributed by atoms with Gasteiger partial charge >= 0.3 is 0 Å². The first-order chi connectivity index (χ1) is 17.9. The number of allylic oxidation sites excluding steroid dienone is 1. The Balaban J connectivity index is 1.47. The topological polar surface area (TPSA) is 92.3 Å². The highest BCUT2D eigenvalue weighted by molar-refractivity contribution is 6.34. The molecule has 8 nitrogen and oxygen atoms in total. The highest BCUT2D eigenvalue weighted by Gasteiger charge is 2.16. The SMILES string of the molecule is CN(C)c1ccc(/C=C(/NC(=O)c2ccccc2Cl)C(=O)N/N=C\C=C\c2ccc3c(c2)OCO3)cc1. The number of anilines is 1. The fourth-order valence-corrected chi connectivity index (χ4v) is 3.62. The molecule has 0 atom stereocenters. The highest BCUT2D eigenvalue weighted by atomic mass is 35.5. The van der Waals surface area contributed by atoms with Crippen molar-refractivity contribution in [1.29, 1.82) is 0 Å². The average molecular weight is 517 g/mol.